The van der Waals surface area contributed by atoms with E-state index in [0.29, 0.717) is 11.3 Å². The molecule has 1 atom stereocenters. The summed E-state index contributed by atoms with van der Waals surface area (Å²) in [6, 6.07) is 5.59. The van der Waals surface area contributed by atoms with Crippen molar-refractivity contribution >= 4 is 5.91 Å². The van der Waals surface area contributed by atoms with Gasteiger partial charge in [-0.05, 0) is 31.2 Å². The molecule has 2 N–H and O–H groups in total. The van der Waals surface area contributed by atoms with Crippen molar-refractivity contribution in [2.24, 2.45) is 0 Å². The summed E-state index contributed by atoms with van der Waals surface area (Å²) in [6.45, 7) is 1.54. The van der Waals surface area contributed by atoms with Crippen molar-refractivity contribution in [3.63, 3.8) is 0 Å². The third-order valence-electron chi connectivity index (χ3n) is 2.74. The summed E-state index contributed by atoms with van der Waals surface area (Å²) in [5.74, 6) is -0.738. The van der Waals surface area contributed by atoms with E-state index in [9.17, 15) is 14.3 Å². The minimum absolute atomic E-state index is 0.253. The number of nitrogens with one attached hydrogen (secondary N) is 1. The minimum atomic E-state index is -0.835. The standard InChI is InChI=1S/C13H14FN3O2/c1-8(18)10-7-9(14)3-4-12(10)17-6-5-11(16-17)13(19)15-2/h3-8,18H,1-2H3,(H,15,19)/t8-/m0/s1. The van der Waals surface area contributed by atoms with Gasteiger partial charge in [-0.2, -0.15) is 5.10 Å². The van der Waals surface area contributed by atoms with E-state index in [1.54, 1.807) is 19.2 Å². The van der Waals surface area contributed by atoms with E-state index in [4.69, 9.17) is 0 Å². The molecule has 0 fully saturated rings. The van der Waals surface area contributed by atoms with Gasteiger partial charge in [-0.15, -0.1) is 0 Å². The van der Waals surface area contributed by atoms with Crippen molar-refractivity contribution in [1.29, 1.82) is 0 Å². The molecule has 0 aliphatic heterocycles. The molecule has 0 aliphatic carbocycles. The van der Waals surface area contributed by atoms with Gasteiger partial charge in [0.15, 0.2) is 5.69 Å². The lowest BCUT2D eigenvalue weighted by Gasteiger charge is -2.12. The summed E-state index contributed by atoms with van der Waals surface area (Å²) in [4.78, 5) is 11.4. The fourth-order valence-corrected chi connectivity index (χ4v) is 1.78. The van der Waals surface area contributed by atoms with Crippen LogP contribution < -0.4 is 5.32 Å². The SMILES string of the molecule is CNC(=O)c1ccn(-c2ccc(F)cc2[C@H](C)O)n1. The third-order valence-corrected chi connectivity index (χ3v) is 2.74. The summed E-state index contributed by atoms with van der Waals surface area (Å²) in [7, 11) is 1.51. The molecule has 0 saturated heterocycles. The molecule has 0 saturated carbocycles. The third kappa shape index (κ3) is 2.63. The number of aromatic nitrogens is 2. The van der Waals surface area contributed by atoms with Crippen LogP contribution in [0, 0.1) is 5.82 Å². The Balaban J connectivity index is 2.47. The summed E-state index contributed by atoms with van der Waals surface area (Å²) >= 11 is 0. The molecule has 0 radical (unpaired) electrons. The zero-order valence-corrected chi connectivity index (χ0v) is 10.6. The Labute approximate surface area is 109 Å². The van der Waals surface area contributed by atoms with Crippen LogP contribution in [0.5, 0.6) is 0 Å². The number of rotatable bonds is 3. The molecule has 1 amide bonds. The second-order valence-corrected chi connectivity index (χ2v) is 4.10. The van der Waals surface area contributed by atoms with Crippen molar-refractivity contribution in [3.8, 4) is 5.69 Å². The van der Waals surface area contributed by atoms with Crippen molar-refractivity contribution in [2.45, 2.75) is 13.0 Å². The quantitative estimate of drug-likeness (QED) is 0.880. The number of carbonyl (C=O) groups is 1. The molecule has 1 heterocycles. The molecule has 2 rings (SSSR count). The monoisotopic (exact) mass is 263 g/mol. The van der Waals surface area contributed by atoms with Gasteiger partial charge < -0.3 is 10.4 Å². The van der Waals surface area contributed by atoms with Gasteiger partial charge in [-0.25, -0.2) is 9.07 Å². The van der Waals surface area contributed by atoms with E-state index in [1.807, 2.05) is 0 Å². The van der Waals surface area contributed by atoms with Gasteiger partial charge in [0.2, 0.25) is 0 Å². The largest absolute Gasteiger partial charge is 0.389 e. The van der Waals surface area contributed by atoms with E-state index in [1.165, 1.54) is 29.9 Å². The highest BCUT2D eigenvalue weighted by Gasteiger charge is 2.14. The van der Waals surface area contributed by atoms with Crippen LogP contribution in [-0.2, 0) is 0 Å². The molecule has 0 spiro atoms. The normalized spacial score (nSPS) is 12.2. The molecule has 2 aromatic rings. The lowest BCUT2D eigenvalue weighted by Crippen LogP contribution is -2.18. The van der Waals surface area contributed by atoms with E-state index in [-0.39, 0.29) is 11.6 Å². The fraction of sp³-hybridized carbons (Fsp3) is 0.231. The number of nitrogens with zero attached hydrogens (tertiary/aromatic N) is 2. The van der Waals surface area contributed by atoms with Crippen LogP contribution in [0.1, 0.15) is 29.1 Å². The predicted octanol–water partition coefficient (Wildman–Crippen LogP) is 1.42. The van der Waals surface area contributed by atoms with Crippen molar-refractivity contribution in [3.05, 3.63) is 47.5 Å². The Morgan fingerprint density at radius 3 is 2.84 bits per heavy atom. The molecule has 19 heavy (non-hydrogen) atoms. The van der Waals surface area contributed by atoms with Crippen LogP contribution in [0.2, 0.25) is 0 Å². The first-order chi connectivity index (χ1) is 9.02. The average molecular weight is 263 g/mol. The number of halogens is 1. The topological polar surface area (TPSA) is 67.2 Å². The molecular weight excluding hydrogens is 249 g/mol. The summed E-state index contributed by atoms with van der Waals surface area (Å²) < 4.78 is 14.6. The van der Waals surface area contributed by atoms with Gasteiger partial charge >= 0.3 is 0 Å². The summed E-state index contributed by atoms with van der Waals surface area (Å²) in [5, 5.41) is 16.2. The van der Waals surface area contributed by atoms with Gasteiger partial charge in [0, 0.05) is 18.8 Å². The van der Waals surface area contributed by atoms with Gasteiger partial charge in [0.05, 0.1) is 11.8 Å². The number of carbonyl (C=O) groups excluding carboxylic acids is 1. The first-order valence-corrected chi connectivity index (χ1v) is 5.78. The van der Waals surface area contributed by atoms with E-state index < -0.39 is 11.9 Å². The molecule has 6 heteroatoms. The van der Waals surface area contributed by atoms with Crippen LogP contribution in [0.4, 0.5) is 4.39 Å². The molecule has 1 aromatic heterocycles. The zero-order valence-electron chi connectivity index (χ0n) is 10.6. The van der Waals surface area contributed by atoms with E-state index in [2.05, 4.69) is 10.4 Å². The van der Waals surface area contributed by atoms with Gasteiger partial charge in [-0.3, -0.25) is 4.79 Å². The number of aliphatic hydroxyl groups excluding tert-OH is 1. The number of hydrogen-bond donors (Lipinski definition) is 2. The van der Waals surface area contributed by atoms with Crippen molar-refractivity contribution in [1.82, 2.24) is 15.1 Å². The molecule has 0 unspecified atom stereocenters. The first-order valence-electron chi connectivity index (χ1n) is 5.78. The summed E-state index contributed by atoms with van der Waals surface area (Å²) in [6.07, 6.45) is 0.752. The minimum Gasteiger partial charge on any atom is -0.389 e. The molecule has 1 aromatic carbocycles. The molecule has 0 bridgehead atoms. The van der Waals surface area contributed by atoms with Crippen LogP contribution in [0.25, 0.3) is 5.69 Å². The number of benzene rings is 1. The Bertz CT molecular complexity index is 608. The van der Waals surface area contributed by atoms with Crippen LogP contribution in [-0.4, -0.2) is 27.8 Å². The molecule has 0 aliphatic rings. The van der Waals surface area contributed by atoms with Crippen molar-refractivity contribution in [2.75, 3.05) is 7.05 Å². The lowest BCUT2D eigenvalue weighted by molar-refractivity contribution is 0.0957. The highest BCUT2D eigenvalue weighted by molar-refractivity contribution is 5.91. The molecule has 5 nitrogen and oxygen atoms in total. The lowest BCUT2D eigenvalue weighted by atomic mass is 10.1. The highest BCUT2D eigenvalue weighted by atomic mass is 19.1. The van der Waals surface area contributed by atoms with E-state index in [0.717, 1.165) is 0 Å². The number of amides is 1. The second kappa shape index (κ2) is 5.19. The van der Waals surface area contributed by atoms with Crippen LogP contribution >= 0.6 is 0 Å². The predicted molar refractivity (Wildman–Crippen MR) is 67.5 cm³/mol. The second-order valence-electron chi connectivity index (χ2n) is 4.10. The number of aliphatic hydroxyl groups is 1. The summed E-state index contributed by atoms with van der Waals surface area (Å²) in [5.41, 5.74) is 1.20. The average Bonchev–Trinajstić information content (AvgIpc) is 2.87. The Kier molecular flexibility index (Phi) is 3.62. The zero-order chi connectivity index (χ0) is 14.0. The maximum absolute atomic E-state index is 13.2. The molecule has 100 valence electrons. The Hall–Kier alpha value is -2.21. The smallest absolute Gasteiger partial charge is 0.271 e. The number of hydrogen-bond acceptors (Lipinski definition) is 3. The Morgan fingerprint density at radius 2 is 2.21 bits per heavy atom. The van der Waals surface area contributed by atoms with Gasteiger partial charge in [-0.1, -0.05) is 0 Å². The van der Waals surface area contributed by atoms with E-state index >= 15 is 0 Å². The maximum Gasteiger partial charge on any atom is 0.271 e. The maximum atomic E-state index is 13.2. The first kappa shape index (κ1) is 13.2. The van der Waals surface area contributed by atoms with Crippen LogP contribution in [0.15, 0.2) is 30.5 Å². The molecular formula is C13H14FN3O2. The van der Waals surface area contributed by atoms with Crippen molar-refractivity contribution < 1.29 is 14.3 Å². The Morgan fingerprint density at radius 1 is 1.47 bits per heavy atom. The van der Waals surface area contributed by atoms with Gasteiger partial charge in [0.1, 0.15) is 5.82 Å². The van der Waals surface area contributed by atoms with Gasteiger partial charge in [0.25, 0.3) is 5.91 Å². The van der Waals surface area contributed by atoms with Crippen LogP contribution in [0.3, 0.4) is 0 Å². The highest BCUT2D eigenvalue weighted by Crippen LogP contribution is 2.22. The fourth-order valence-electron chi connectivity index (χ4n) is 1.78.